The minimum atomic E-state index is 0. The van der Waals surface area contributed by atoms with Gasteiger partial charge in [-0.15, -0.1) is 0 Å². The predicted octanol–water partition coefficient (Wildman–Crippen LogP) is 1.48. The molecule has 0 spiro atoms. The monoisotopic (exact) mass is 673 g/mol. The molecule has 2 aromatic carbocycles. The topological polar surface area (TPSA) is 37.6 Å². The van der Waals surface area contributed by atoms with Crippen molar-refractivity contribution >= 4 is 22.8 Å². The van der Waals surface area contributed by atoms with Crippen molar-refractivity contribution in [1.29, 1.82) is 0 Å². The first-order valence-electron chi connectivity index (χ1n) is 14.2. The SMILES string of the molecule is CC(=Nc1c(C(C)C)cc(C)cc1C(C)C)c1cccc(C(C)=Nc2c(C(C)C)cc(C)cc2C(C)C)n1.[Cl-].[Cl-].[Cl-].[Co+3]. The summed E-state index contributed by atoms with van der Waals surface area (Å²) in [5.74, 6) is 1.58. The molecule has 0 bridgehead atoms. The summed E-state index contributed by atoms with van der Waals surface area (Å²) in [7, 11) is 0. The normalized spacial score (nSPS) is 11.7. The van der Waals surface area contributed by atoms with Gasteiger partial charge in [0.15, 0.2) is 0 Å². The minimum absolute atomic E-state index is 0. The molecule has 3 rings (SSSR count). The summed E-state index contributed by atoms with van der Waals surface area (Å²) in [6.07, 6.45) is 0. The summed E-state index contributed by atoms with van der Waals surface area (Å²) >= 11 is 0. The molecule has 0 amide bonds. The van der Waals surface area contributed by atoms with Crippen molar-refractivity contribution in [2.45, 2.75) is 107 Å². The van der Waals surface area contributed by atoms with Crippen molar-refractivity contribution in [3.05, 3.63) is 87.2 Å². The van der Waals surface area contributed by atoms with Crippen LogP contribution in [0.3, 0.4) is 0 Å². The molecule has 0 radical (unpaired) electrons. The molecule has 3 nitrogen and oxygen atoms in total. The molecule has 0 aliphatic heterocycles. The number of aliphatic imine (C=N–C) groups is 2. The van der Waals surface area contributed by atoms with Gasteiger partial charge < -0.3 is 37.2 Å². The van der Waals surface area contributed by atoms with E-state index in [0.29, 0.717) is 23.7 Å². The summed E-state index contributed by atoms with van der Waals surface area (Å²) < 4.78 is 0. The van der Waals surface area contributed by atoms with Gasteiger partial charge in [-0.3, -0.25) is 9.98 Å². The van der Waals surface area contributed by atoms with Crippen LogP contribution in [0.2, 0.25) is 0 Å². The maximum atomic E-state index is 5.20. The van der Waals surface area contributed by atoms with Gasteiger partial charge in [0.25, 0.3) is 0 Å². The molecule has 0 unspecified atom stereocenters. The molecular formula is C35H47Cl3CoN3. The van der Waals surface area contributed by atoms with E-state index in [1.165, 1.54) is 33.4 Å². The van der Waals surface area contributed by atoms with Gasteiger partial charge in [0.2, 0.25) is 0 Å². The van der Waals surface area contributed by atoms with Crippen LogP contribution in [0.25, 0.3) is 0 Å². The van der Waals surface area contributed by atoms with E-state index in [1.54, 1.807) is 0 Å². The van der Waals surface area contributed by atoms with Crippen LogP contribution >= 0.6 is 0 Å². The summed E-state index contributed by atoms with van der Waals surface area (Å²) in [5, 5.41) is 0. The smallest absolute Gasteiger partial charge is 1.00 e. The maximum absolute atomic E-state index is 5.20. The Labute approximate surface area is 284 Å². The molecule has 1 heterocycles. The first-order chi connectivity index (χ1) is 17.8. The fourth-order valence-electron chi connectivity index (χ4n) is 4.98. The molecule has 0 fully saturated rings. The van der Waals surface area contributed by atoms with Crippen LogP contribution in [-0.4, -0.2) is 16.4 Å². The molecule has 232 valence electrons. The number of hydrogen-bond acceptors (Lipinski definition) is 3. The van der Waals surface area contributed by atoms with Gasteiger partial charge in [0.05, 0.1) is 34.2 Å². The zero-order valence-corrected chi connectivity index (χ0v) is 30.5. The van der Waals surface area contributed by atoms with E-state index >= 15 is 0 Å². The molecule has 0 saturated heterocycles. The quantitative estimate of drug-likeness (QED) is 0.334. The van der Waals surface area contributed by atoms with E-state index in [0.717, 1.165) is 34.2 Å². The van der Waals surface area contributed by atoms with Crippen molar-refractivity contribution in [2.75, 3.05) is 0 Å². The summed E-state index contributed by atoms with van der Waals surface area (Å²) in [4.78, 5) is 15.4. The second kappa shape index (κ2) is 18.2. The molecule has 3 aromatic rings. The van der Waals surface area contributed by atoms with Gasteiger partial charge in [-0.05, 0) is 85.8 Å². The molecule has 42 heavy (non-hydrogen) atoms. The number of aromatic nitrogens is 1. The average molecular weight is 675 g/mol. The molecule has 0 saturated carbocycles. The second-order valence-electron chi connectivity index (χ2n) is 12.0. The number of halogens is 3. The Hall–Kier alpha value is -1.69. The Morgan fingerprint density at radius 2 is 0.810 bits per heavy atom. The maximum Gasteiger partial charge on any atom is 3.00 e. The molecule has 0 N–H and O–H groups in total. The Morgan fingerprint density at radius 3 is 1.05 bits per heavy atom. The third-order valence-electron chi connectivity index (χ3n) is 7.16. The van der Waals surface area contributed by atoms with Crippen LogP contribution < -0.4 is 37.2 Å². The average Bonchev–Trinajstić information content (AvgIpc) is 2.84. The fraction of sp³-hybridized carbons (Fsp3) is 0.457. The Balaban J connectivity index is 0. The summed E-state index contributed by atoms with van der Waals surface area (Å²) in [6.45, 7) is 26.4. The molecule has 0 aliphatic carbocycles. The largest absolute Gasteiger partial charge is 3.00 e. The van der Waals surface area contributed by atoms with Gasteiger partial charge in [0, 0.05) is 0 Å². The van der Waals surface area contributed by atoms with Crippen LogP contribution in [0.15, 0.2) is 52.4 Å². The number of pyridine rings is 1. The zero-order valence-electron chi connectivity index (χ0n) is 27.2. The van der Waals surface area contributed by atoms with Crippen molar-refractivity contribution in [3.63, 3.8) is 0 Å². The number of nitrogens with zero attached hydrogens (tertiary/aromatic N) is 3. The van der Waals surface area contributed by atoms with Crippen molar-refractivity contribution < 1.29 is 54.0 Å². The Morgan fingerprint density at radius 1 is 0.548 bits per heavy atom. The molecule has 7 heteroatoms. The molecular weight excluding hydrogens is 628 g/mol. The predicted molar refractivity (Wildman–Crippen MR) is 167 cm³/mol. The third-order valence-corrected chi connectivity index (χ3v) is 7.16. The first-order valence-corrected chi connectivity index (χ1v) is 14.2. The van der Waals surface area contributed by atoms with Gasteiger partial charge in [-0.25, -0.2) is 4.98 Å². The van der Waals surface area contributed by atoms with E-state index < -0.39 is 0 Å². The van der Waals surface area contributed by atoms with E-state index in [-0.39, 0.29) is 54.0 Å². The Kier molecular flexibility index (Phi) is 18.4. The van der Waals surface area contributed by atoms with Crippen LogP contribution in [-0.2, 0) is 16.8 Å². The molecule has 1 aromatic heterocycles. The number of aryl methyl sites for hydroxylation is 2. The minimum Gasteiger partial charge on any atom is -1.00 e. The number of benzene rings is 2. The number of rotatable bonds is 8. The van der Waals surface area contributed by atoms with E-state index in [9.17, 15) is 0 Å². The van der Waals surface area contributed by atoms with Gasteiger partial charge >= 0.3 is 16.8 Å². The third kappa shape index (κ3) is 10.2. The second-order valence-corrected chi connectivity index (χ2v) is 12.0. The number of hydrogen-bond donors (Lipinski definition) is 0. The zero-order chi connectivity index (χ0) is 28.3. The van der Waals surface area contributed by atoms with Crippen molar-refractivity contribution in [2.24, 2.45) is 9.98 Å². The summed E-state index contributed by atoms with van der Waals surface area (Å²) in [6, 6.07) is 15.3. The molecule has 0 atom stereocenters. The molecule has 0 aliphatic rings. The van der Waals surface area contributed by atoms with Crippen LogP contribution in [0, 0.1) is 13.8 Å². The van der Waals surface area contributed by atoms with Gasteiger partial charge in [-0.2, -0.15) is 0 Å². The van der Waals surface area contributed by atoms with Crippen LogP contribution in [0.4, 0.5) is 11.4 Å². The first kappa shape index (κ1) is 42.4. The Bertz CT molecular complexity index is 1220. The van der Waals surface area contributed by atoms with Crippen molar-refractivity contribution in [3.8, 4) is 0 Å². The van der Waals surface area contributed by atoms with Crippen molar-refractivity contribution in [1.82, 2.24) is 4.98 Å². The van der Waals surface area contributed by atoms with E-state index in [4.69, 9.17) is 15.0 Å². The van der Waals surface area contributed by atoms with Gasteiger partial charge in [0.1, 0.15) is 0 Å². The fourth-order valence-corrected chi connectivity index (χ4v) is 4.98. The van der Waals surface area contributed by atoms with E-state index in [1.807, 2.05) is 0 Å². The summed E-state index contributed by atoms with van der Waals surface area (Å²) in [5.41, 5.74) is 13.6. The standard InChI is InChI=1S/C35H47N3.3ClH.Co/c1-20(2)28-16-24(9)17-29(21(3)4)34(28)36-26(11)32-14-13-15-33(38-32)27(12)37-35-30(22(5)6)18-25(10)19-31(35)23(7)8;;;;/h13-23H,1-12H3;3*1H;/q;;;;+3/p-3. The van der Waals surface area contributed by atoms with Gasteiger partial charge in [-0.1, -0.05) is 96.8 Å². The van der Waals surface area contributed by atoms with Crippen LogP contribution in [0.1, 0.15) is 138 Å². The van der Waals surface area contributed by atoms with E-state index in [2.05, 4.69) is 126 Å². The van der Waals surface area contributed by atoms with Crippen LogP contribution in [0.5, 0.6) is 0 Å².